The molecule has 110 valence electrons. The number of rotatable bonds is 3. The smallest absolute Gasteiger partial charge is 0.261 e. The maximum absolute atomic E-state index is 12.6. The Bertz CT molecular complexity index is 953. The second-order valence-electron chi connectivity index (χ2n) is 4.20. The lowest BCUT2D eigenvalue weighted by Crippen LogP contribution is -2.02. The van der Waals surface area contributed by atoms with Crippen molar-refractivity contribution in [2.45, 2.75) is 9.99 Å². The molecule has 0 spiro atoms. The Morgan fingerprint density at radius 1 is 1.23 bits per heavy atom. The molecule has 3 aromatic rings. The van der Waals surface area contributed by atoms with Crippen LogP contribution < -0.4 is 0 Å². The highest BCUT2D eigenvalue weighted by atomic mass is 79.9. The molecule has 0 N–H and O–H groups in total. The van der Waals surface area contributed by atoms with E-state index in [1.165, 1.54) is 23.5 Å². The van der Waals surface area contributed by atoms with Crippen molar-refractivity contribution < 1.29 is 12.8 Å². The average Bonchev–Trinajstić information content (AvgIpc) is 3.16. The fraction of sp³-hybridized carbons (Fsp3) is 0. The summed E-state index contributed by atoms with van der Waals surface area (Å²) >= 11 is 4.60. The maximum atomic E-state index is 12.6. The average molecular weight is 395 g/mol. The number of halogens is 1. The first-order valence-electron chi connectivity index (χ1n) is 5.98. The van der Waals surface area contributed by atoms with E-state index in [9.17, 15) is 8.42 Å². The van der Waals surface area contributed by atoms with Gasteiger partial charge in [0, 0.05) is 4.47 Å². The third-order valence-corrected chi connectivity index (χ3v) is 5.85. The molecule has 0 atom stereocenters. The Kier molecular flexibility index (Phi) is 3.87. The van der Waals surface area contributed by atoms with Gasteiger partial charge in [-0.2, -0.15) is 10.2 Å². The number of benzene rings is 1. The van der Waals surface area contributed by atoms with Gasteiger partial charge in [0.25, 0.3) is 5.09 Å². The molecule has 0 bridgehead atoms. The Balaban J connectivity index is 2.15. The highest BCUT2D eigenvalue weighted by molar-refractivity contribution is 9.10. The molecule has 2 heterocycles. The van der Waals surface area contributed by atoms with E-state index in [1.54, 1.807) is 30.3 Å². The third-order valence-electron chi connectivity index (χ3n) is 2.80. The first kappa shape index (κ1) is 15.0. The van der Waals surface area contributed by atoms with Crippen molar-refractivity contribution >= 4 is 37.1 Å². The van der Waals surface area contributed by atoms with Crippen molar-refractivity contribution in [2.75, 3.05) is 0 Å². The molecule has 0 radical (unpaired) electrons. The predicted molar refractivity (Wildman–Crippen MR) is 84.1 cm³/mol. The third kappa shape index (κ3) is 2.59. The van der Waals surface area contributed by atoms with Gasteiger partial charge in [-0.3, -0.25) is 0 Å². The van der Waals surface area contributed by atoms with Crippen molar-refractivity contribution in [3.8, 4) is 16.8 Å². The van der Waals surface area contributed by atoms with Crippen LogP contribution in [0.15, 0.2) is 60.7 Å². The van der Waals surface area contributed by atoms with Crippen LogP contribution in [0.2, 0.25) is 0 Å². The lowest BCUT2D eigenvalue weighted by molar-refractivity contribution is 0.458. The fourth-order valence-electron chi connectivity index (χ4n) is 1.79. The molecule has 0 amide bonds. The van der Waals surface area contributed by atoms with E-state index in [2.05, 4.69) is 20.9 Å². The van der Waals surface area contributed by atoms with E-state index in [0.29, 0.717) is 4.88 Å². The highest BCUT2D eigenvalue weighted by Gasteiger charge is 2.28. The van der Waals surface area contributed by atoms with Gasteiger partial charge < -0.3 is 4.42 Å². The van der Waals surface area contributed by atoms with E-state index >= 15 is 0 Å². The quantitative estimate of drug-likeness (QED) is 0.672. The van der Waals surface area contributed by atoms with E-state index < -0.39 is 14.9 Å². The Morgan fingerprint density at radius 2 is 1.95 bits per heavy atom. The van der Waals surface area contributed by atoms with Gasteiger partial charge in [-0.1, -0.05) is 22.0 Å². The van der Waals surface area contributed by atoms with E-state index in [0.717, 1.165) is 4.47 Å². The zero-order chi connectivity index (χ0) is 15.7. The Hall–Kier alpha value is -1.95. The molecule has 0 saturated carbocycles. The first-order chi connectivity index (χ1) is 10.5. The lowest BCUT2D eigenvalue weighted by atomic mass is 10.4. The predicted octanol–water partition coefficient (Wildman–Crippen LogP) is 3.87. The van der Waals surface area contributed by atoms with Crippen molar-refractivity contribution in [1.82, 2.24) is 4.98 Å². The molecule has 0 unspecified atom stereocenters. The van der Waals surface area contributed by atoms with Crippen LogP contribution in [0.25, 0.3) is 10.8 Å². The van der Waals surface area contributed by atoms with Crippen LogP contribution >= 0.6 is 27.3 Å². The lowest BCUT2D eigenvalue weighted by Gasteiger charge is -2.01. The maximum Gasteiger partial charge on any atom is 0.261 e. The van der Waals surface area contributed by atoms with Gasteiger partial charge in [-0.05, 0) is 35.7 Å². The number of oxazole rings is 1. The number of hydrogen-bond acceptors (Lipinski definition) is 6. The molecule has 0 aliphatic rings. The number of nitriles is 1. The minimum atomic E-state index is -3.94. The van der Waals surface area contributed by atoms with Crippen molar-refractivity contribution in [3.05, 3.63) is 51.9 Å². The molecule has 0 aliphatic carbocycles. The summed E-state index contributed by atoms with van der Waals surface area (Å²) in [5.74, 6) is 0.127. The highest BCUT2D eigenvalue weighted by Crippen LogP contribution is 2.31. The molecule has 0 saturated heterocycles. The van der Waals surface area contributed by atoms with E-state index in [-0.39, 0.29) is 16.5 Å². The molecule has 0 fully saturated rings. The summed E-state index contributed by atoms with van der Waals surface area (Å²) in [7, 11) is -3.94. The zero-order valence-electron chi connectivity index (χ0n) is 10.9. The van der Waals surface area contributed by atoms with Crippen LogP contribution in [-0.2, 0) is 9.84 Å². The summed E-state index contributed by atoms with van der Waals surface area (Å²) in [6, 6.07) is 11.4. The molecule has 5 nitrogen and oxygen atoms in total. The largest absolute Gasteiger partial charge is 0.422 e. The molecular weight excluding hydrogens is 388 g/mol. The molecule has 0 aliphatic heterocycles. The summed E-state index contributed by atoms with van der Waals surface area (Å²) in [4.78, 5) is 4.68. The molecule has 1 aromatic carbocycles. The second kappa shape index (κ2) is 5.68. The van der Waals surface area contributed by atoms with Crippen molar-refractivity contribution in [3.63, 3.8) is 0 Å². The fourth-order valence-corrected chi connectivity index (χ4v) is 3.94. The number of hydrogen-bond donors (Lipinski definition) is 0. The van der Waals surface area contributed by atoms with Crippen LogP contribution in [0.3, 0.4) is 0 Å². The summed E-state index contributed by atoms with van der Waals surface area (Å²) in [5.41, 5.74) is -0.244. The second-order valence-corrected chi connectivity index (χ2v) is 7.91. The SMILES string of the molecule is N#Cc1nc(-c2cccs2)oc1S(=O)(=O)c1ccc(Br)cc1. The molecule has 3 rings (SSSR count). The zero-order valence-corrected chi connectivity index (χ0v) is 14.1. The topological polar surface area (TPSA) is 84.0 Å². The van der Waals surface area contributed by atoms with Crippen LogP contribution in [-0.4, -0.2) is 13.4 Å². The summed E-state index contributed by atoms with van der Waals surface area (Å²) in [5, 5.41) is 10.5. The summed E-state index contributed by atoms with van der Waals surface area (Å²) < 4.78 is 31.4. The van der Waals surface area contributed by atoms with Gasteiger partial charge in [-0.25, -0.2) is 8.42 Å². The summed E-state index contributed by atoms with van der Waals surface area (Å²) in [6.45, 7) is 0. The Labute approximate surface area is 138 Å². The van der Waals surface area contributed by atoms with E-state index in [1.807, 2.05) is 5.38 Å². The molecular formula is C14H7BrN2O3S2. The van der Waals surface area contributed by atoms with Gasteiger partial charge in [0.2, 0.25) is 15.7 Å². The molecule has 2 aromatic heterocycles. The van der Waals surface area contributed by atoms with Crippen molar-refractivity contribution in [2.24, 2.45) is 0 Å². The van der Waals surface area contributed by atoms with Crippen molar-refractivity contribution in [1.29, 1.82) is 5.26 Å². The van der Waals surface area contributed by atoms with Gasteiger partial charge in [0.15, 0.2) is 5.69 Å². The van der Waals surface area contributed by atoms with Crippen LogP contribution in [0, 0.1) is 11.3 Å². The normalized spacial score (nSPS) is 11.3. The van der Waals surface area contributed by atoms with Gasteiger partial charge >= 0.3 is 0 Å². The molecule has 22 heavy (non-hydrogen) atoms. The molecule has 8 heteroatoms. The number of thiophene rings is 1. The van der Waals surface area contributed by atoms with Crippen LogP contribution in [0.1, 0.15) is 5.69 Å². The summed E-state index contributed by atoms with van der Waals surface area (Å²) in [6.07, 6.45) is 0. The minimum absolute atomic E-state index is 0.0427. The Morgan fingerprint density at radius 3 is 2.55 bits per heavy atom. The first-order valence-corrected chi connectivity index (χ1v) is 9.13. The number of sulfone groups is 1. The van der Waals surface area contributed by atoms with E-state index in [4.69, 9.17) is 9.68 Å². The standard InChI is InChI=1S/C14H7BrN2O3S2/c15-9-3-5-10(6-4-9)22(18,19)14-11(8-16)17-13(20-14)12-2-1-7-21-12/h1-7H. The minimum Gasteiger partial charge on any atom is -0.422 e. The van der Waals surface area contributed by atoms with Crippen LogP contribution in [0.4, 0.5) is 0 Å². The van der Waals surface area contributed by atoms with Crippen LogP contribution in [0.5, 0.6) is 0 Å². The number of nitrogens with zero attached hydrogens (tertiary/aromatic N) is 2. The van der Waals surface area contributed by atoms with Gasteiger partial charge in [-0.15, -0.1) is 11.3 Å². The monoisotopic (exact) mass is 394 g/mol. The van der Waals surface area contributed by atoms with Gasteiger partial charge in [0.1, 0.15) is 6.07 Å². The number of aromatic nitrogens is 1. The van der Waals surface area contributed by atoms with Gasteiger partial charge in [0.05, 0.1) is 9.77 Å².